The molecule has 0 radical (unpaired) electrons. The van der Waals surface area contributed by atoms with Gasteiger partial charge in [0.1, 0.15) is 0 Å². The van der Waals surface area contributed by atoms with E-state index in [1.165, 1.54) is 6.92 Å². The lowest BCUT2D eigenvalue weighted by molar-refractivity contribution is -0.114. The highest BCUT2D eigenvalue weighted by molar-refractivity contribution is 6.31. The standard InChI is InChI=1S/C13H16ClNO2/c1-8-6-10(13(17)4-3-5-13)12(7-11(8)14)15-9(2)16/h6-7,17H,3-5H2,1-2H3,(H,15,16). The Kier molecular flexibility index (Phi) is 3.15. The lowest BCUT2D eigenvalue weighted by Crippen LogP contribution is -2.34. The highest BCUT2D eigenvalue weighted by atomic mass is 35.5. The third-order valence-electron chi connectivity index (χ3n) is 3.29. The van der Waals surface area contributed by atoms with Gasteiger partial charge in [-0.25, -0.2) is 0 Å². The lowest BCUT2D eigenvalue weighted by atomic mass is 9.74. The number of hydrogen-bond acceptors (Lipinski definition) is 2. The lowest BCUT2D eigenvalue weighted by Gasteiger charge is -2.38. The van der Waals surface area contributed by atoms with Crippen molar-refractivity contribution in [2.45, 2.75) is 38.7 Å². The number of amides is 1. The Labute approximate surface area is 106 Å². The van der Waals surface area contributed by atoms with Gasteiger partial charge >= 0.3 is 0 Å². The number of aliphatic hydroxyl groups is 1. The second-order valence-corrected chi connectivity index (χ2v) is 5.12. The molecule has 92 valence electrons. The molecular weight excluding hydrogens is 238 g/mol. The highest BCUT2D eigenvalue weighted by Crippen LogP contribution is 2.45. The Morgan fingerprint density at radius 1 is 1.47 bits per heavy atom. The first kappa shape index (κ1) is 12.4. The minimum atomic E-state index is -0.798. The molecule has 1 aliphatic rings. The molecule has 17 heavy (non-hydrogen) atoms. The first-order valence-corrected chi connectivity index (χ1v) is 6.11. The number of anilines is 1. The third-order valence-corrected chi connectivity index (χ3v) is 3.70. The average Bonchev–Trinajstić information content (AvgIpc) is 2.19. The zero-order valence-electron chi connectivity index (χ0n) is 10.0. The van der Waals surface area contributed by atoms with Gasteiger partial charge in [-0.2, -0.15) is 0 Å². The van der Waals surface area contributed by atoms with E-state index in [1.54, 1.807) is 6.07 Å². The Hall–Kier alpha value is -1.06. The smallest absolute Gasteiger partial charge is 0.221 e. The number of carbonyl (C=O) groups excluding carboxylic acids is 1. The van der Waals surface area contributed by atoms with Crippen LogP contribution in [-0.2, 0) is 10.4 Å². The van der Waals surface area contributed by atoms with E-state index in [2.05, 4.69) is 5.32 Å². The second kappa shape index (κ2) is 4.31. The van der Waals surface area contributed by atoms with Crippen molar-refractivity contribution in [1.29, 1.82) is 0 Å². The van der Waals surface area contributed by atoms with E-state index in [-0.39, 0.29) is 5.91 Å². The Bertz CT molecular complexity index is 467. The number of hydrogen-bond donors (Lipinski definition) is 2. The number of nitrogens with one attached hydrogen (secondary N) is 1. The van der Waals surface area contributed by atoms with Crippen molar-refractivity contribution in [3.8, 4) is 0 Å². The third kappa shape index (κ3) is 2.31. The van der Waals surface area contributed by atoms with Crippen LogP contribution >= 0.6 is 11.6 Å². The van der Waals surface area contributed by atoms with Crippen LogP contribution in [0.4, 0.5) is 5.69 Å². The van der Waals surface area contributed by atoms with Gasteiger partial charge in [0.25, 0.3) is 0 Å². The molecule has 0 atom stereocenters. The predicted octanol–water partition coefficient (Wildman–Crippen LogP) is 2.98. The van der Waals surface area contributed by atoms with Crippen molar-refractivity contribution in [2.75, 3.05) is 5.32 Å². The first-order valence-electron chi connectivity index (χ1n) is 5.73. The van der Waals surface area contributed by atoms with E-state index >= 15 is 0 Å². The molecular formula is C13H16ClNO2. The summed E-state index contributed by atoms with van der Waals surface area (Å²) >= 11 is 6.05. The van der Waals surface area contributed by atoms with Crippen molar-refractivity contribution in [3.05, 3.63) is 28.3 Å². The van der Waals surface area contributed by atoms with Crippen LogP contribution < -0.4 is 5.32 Å². The number of rotatable bonds is 2. The number of aryl methyl sites for hydroxylation is 1. The van der Waals surface area contributed by atoms with Gasteiger partial charge in [-0.1, -0.05) is 11.6 Å². The largest absolute Gasteiger partial charge is 0.385 e. The van der Waals surface area contributed by atoms with Crippen molar-refractivity contribution < 1.29 is 9.90 Å². The van der Waals surface area contributed by atoms with Crippen LogP contribution in [0.25, 0.3) is 0 Å². The summed E-state index contributed by atoms with van der Waals surface area (Å²) in [6.07, 6.45) is 2.49. The minimum absolute atomic E-state index is 0.158. The maximum absolute atomic E-state index is 11.2. The summed E-state index contributed by atoms with van der Waals surface area (Å²) in [5.74, 6) is -0.158. The predicted molar refractivity (Wildman–Crippen MR) is 68.2 cm³/mol. The molecule has 0 heterocycles. The second-order valence-electron chi connectivity index (χ2n) is 4.71. The first-order chi connectivity index (χ1) is 7.92. The molecule has 4 heteroatoms. The normalized spacial score (nSPS) is 17.4. The van der Waals surface area contributed by atoms with E-state index < -0.39 is 5.60 Å². The molecule has 1 aromatic rings. The van der Waals surface area contributed by atoms with Gasteiger partial charge in [0, 0.05) is 23.2 Å². The molecule has 0 aromatic heterocycles. The summed E-state index contributed by atoms with van der Waals surface area (Å²) in [6.45, 7) is 3.34. The zero-order chi connectivity index (χ0) is 12.6. The van der Waals surface area contributed by atoms with E-state index in [1.807, 2.05) is 13.0 Å². The summed E-state index contributed by atoms with van der Waals surface area (Å²) in [5, 5.41) is 13.7. The van der Waals surface area contributed by atoms with Crippen molar-refractivity contribution in [1.82, 2.24) is 0 Å². The topological polar surface area (TPSA) is 49.3 Å². The molecule has 1 saturated carbocycles. The van der Waals surface area contributed by atoms with Crippen LogP contribution in [-0.4, -0.2) is 11.0 Å². The van der Waals surface area contributed by atoms with Gasteiger partial charge in [0.05, 0.1) is 5.60 Å². The maximum Gasteiger partial charge on any atom is 0.221 e. The van der Waals surface area contributed by atoms with Gasteiger partial charge in [0.15, 0.2) is 0 Å². The van der Waals surface area contributed by atoms with Crippen molar-refractivity contribution >= 4 is 23.2 Å². The fourth-order valence-corrected chi connectivity index (χ4v) is 2.30. The molecule has 0 spiro atoms. The van der Waals surface area contributed by atoms with Gasteiger partial charge in [0.2, 0.25) is 5.91 Å². The molecule has 0 saturated heterocycles. The Morgan fingerprint density at radius 3 is 2.59 bits per heavy atom. The molecule has 0 unspecified atom stereocenters. The number of carbonyl (C=O) groups is 1. The SMILES string of the molecule is CC(=O)Nc1cc(Cl)c(C)cc1C1(O)CCC1. The summed E-state index contributed by atoms with van der Waals surface area (Å²) < 4.78 is 0. The van der Waals surface area contributed by atoms with Gasteiger partial charge in [-0.05, 0) is 43.9 Å². The molecule has 1 amide bonds. The maximum atomic E-state index is 11.2. The van der Waals surface area contributed by atoms with Crippen LogP contribution in [0.3, 0.4) is 0 Å². The number of halogens is 1. The van der Waals surface area contributed by atoms with Gasteiger partial charge in [-0.15, -0.1) is 0 Å². The van der Waals surface area contributed by atoms with E-state index in [0.717, 1.165) is 30.4 Å². The van der Waals surface area contributed by atoms with E-state index in [0.29, 0.717) is 10.7 Å². The van der Waals surface area contributed by atoms with Crippen LogP contribution in [0.1, 0.15) is 37.3 Å². The van der Waals surface area contributed by atoms with E-state index in [9.17, 15) is 9.90 Å². The molecule has 2 N–H and O–H groups in total. The van der Waals surface area contributed by atoms with Crippen LogP contribution in [0.2, 0.25) is 5.02 Å². The molecule has 1 aromatic carbocycles. The number of benzene rings is 1. The Morgan fingerprint density at radius 2 is 2.12 bits per heavy atom. The quantitative estimate of drug-likeness (QED) is 0.851. The fraction of sp³-hybridized carbons (Fsp3) is 0.462. The van der Waals surface area contributed by atoms with Gasteiger partial charge in [-0.3, -0.25) is 4.79 Å². The fourth-order valence-electron chi connectivity index (χ4n) is 2.14. The Balaban J connectivity index is 2.47. The molecule has 1 aliphatic carbocycles. The molecule has 0 aliphatic heterocycles. The molecule has 3 nitrogen and oxygen atoms in total. The van der Waals surface area contributed by atoms with Crippen molar-refractivity contribution in [2.24, 2.45) is 0 Å². The minimum Gasteiger partial charge on any atom is -0.385 e. The van der Waals surface area contributed by atoms with E-state index in [4.69, 9.17) is 11.6 Å². The molecule has 1 fully saturated rings. The zero-order valence-corrected chi connectivity index (χ0v) is 10.8. The van der Waals surface area contributed by atoms with Crippen LogP contribution in [0, 0.1) is 6.92 Å². The molecule has 2 rings (SSSR count). The summed E-state index contributed by atoms with van der Waals surface area (Å²) in [7, 11) is 0. The highest BCUT2D eigenvalue weighted by Gasteiger charge is 2.38. The summed E-state index contributed by atoms with van der Waals surface area (Å²) in [6, 6.07) is 3.58. The summed E-state index contributed by atoms with van der Waals surface area (Å²) in [5.41, 5.74) is 1.51. The summed E-state index contributed by atoms with van der Waals surface area (Å²) in [4.78, 5) is 11.2. The van der Waals surface area contributed by atoms with Gasteiger partial charge < -0.3 is 10.4 Å². The van der Waals surface area contributed by atoms with Crippen LogP contribution in [0.5, 0.6) is 0 Å². The monoisotopic (exact) mass is 253 g/mol. The van der Waals surface area contributed by atoms with Crippen LogP contribution in [0.15, 0.2) is 12.1 Å². The van der Waals surface area contributed by atoms with Crippen molar-refractivity contribution in [3.63, 3.8) is 0 Å². The average molecular weight is 254 g/mol. The molecule has 0 bridgehead atoms.